The van der Waals surface area contributed by atoms with Crippen molar-refractivity contribution in [2.75, 3.05) is 6.54 Å². The Hall–Kier alpha value is -0.850. The van der Waals surface area contributed by atoms with Crippen molar-refractivity contribution in [1.29, 1.82) is 0 Å². The molecule has 0 aromatic heterocycles. The topological polar surface area (TPSA) is 12.0 Å². The Balaban J connectivity index is 2.91. The van der Waals surface area contributed by atoms with Crippen molar-refractivity contribution < 1.29 is 4.39 Å². The van der Waals surface area contributed by atoms with Crippen molar-refractivity contribution in [3.8, 4) is 12.3 Å². The van der Waals surface area contributed by atoms with Crippen molar-refractivity contribution in [3.05, 3.63) is 34.1 Å². The lowest BCUT2D eigenvalue weighted by molar-refractivity contribution is 0.602. The summed E-state index contributed by atoms with van der Waals surface area (Å²) in [5.41, 5.74) is 0.769. The van der Waals surface area contributed by atoms with Gasteiger partial charge < -0.3 is 0 Å². The third kappa shape index (κ3) is 3.33. The second-order valence-corrected chi connectivity index (χ2v) is 4.07. The molecule has 1 N–H and O–H groups in total. The summed E-state index contributed by atoms with van der Waals surface area (Å²) in [5, 5.41) is 3.17. The Morgan fingerprint density at radius 1 is 1.60 bits per heavy atom. The van der Waals surface area contributed by atoms with Gasteiger partial charge in [0.15, 0.2) is 0 Å². The average molecular weight is 270 g/mol. The molecule has 0 aliphatic rings. The van der Waals surface area contributed by atoms with Gasteiger partial charge in [-0.25, -0.2) is 4.39 Å². The van der Waals surface area contributed by atoms with E-state index in [0.717, 1.165) is 23.0 Å². The van der Waals surface area contributed by atoms with Gasteiger partial charge in [0.1, 0.15) is 5.82 Å². The Morgan fingerprint density at radius 2 is 2.33 bits per heavy atom. The normalized spacial score (nSPS) is 12.1. The van der Waals surface area contributed by atoms with Gasteiger partial charge in [0.25, 0.3) is 0 Å². The smallest absolute Gasteiger partial charge is 0.123 e. The summed E-state index contributed by atoms with van der Waals surface area (Å²) >= 11 is 3.36. The van der Waals surface area contributed by atoms with E-state index in [9.17, 15) is 4.39 Å². The fraction of sp³-hybridized carbons (Fsp3) is 0.333. The van der Waals surface area contributed by atoms with Crippen LogP contribution in [0.2, 0.25) is 0 Å². The van der Waals surface area contributed by atoms with Gasteiger partial charge in [-0.05, 0) is 36.7 Å². The van der Waals surface area contributed by atoms with E-state index < -0.39 is 0 Å². The Morgan fingerprint density at radius 3 is 2.93 bits per heavy atom. The first-order chi connectivity index (χ1) is 7.19. The molecule has 1 unspecified atom stereocenters. The van der Waals surface area contributed by atoms with Crippen LogP contribution in [-0.4, -0.2) is 6.54 Å². The Bertz CT molecular complexity index is 370. The number of terminal acetylenes is 1. The quantitative estimate of drug-likeness (QED) is 0.828. The van der Waals surface area contributed by atoms with E-state index in [2.05, 4.69) is 34.1 Å². The van der Waals surface area contributed by atoms with Gasteiger partial charge in [-0.15, -0.1) is 6.42 Å². The fourth-order valence-electron chi connectivity index (χ4n) is 1.28. The molecule has 0 spiro atoms. The summed E-state index contributed by atoms with van der Waals surface area (Å²) in [5.74, 6) is 2.34. The summed E-state index contributed by atoms with van der Waals surface area (Å²) in [4.78, 5) is 0. The molecular weight excluding hydrogens is 257 g/mol. The van der Waals surface area contributed by atoms with Crippen LogP contribution in [0.25, 0.3) is 0 Å². The molecule has 3 heteroatoms. The van der Waals surface area contributed by atoms with Crippen LogP contribution in [0.4, 0.5) is 4.39 Å². The summed E-state index contributed by atoms with van der Waals surface area (Å²) in [6.07, 6.45) is 6.40. The molecule has 0 saturated heterocycles. The van der Waals surface area contributed by atoms with Gasteiger partial charge in [0.2, 0.25) is 0 Å². The van der Waals surface area contributed by atoms with Gasteiger partial charge in [0, 0.05) is 4.47 Å². The van der Waals surface area contributed by atoms with Gasteiger partial charge in [-0.1, -0.05) is 28.8 Å². The number of halogens is 2. The van der Waals surface area contributed by atoms with Crippen molar-refractivity contribution in [1.82, 2.24) is 5.32 Å². The highest BCUT2D eigenvalue weighted by Crippen LogP contribution is 2.23. The highest BCUT2D eigenvalue weighted by Gasteiger charge is 2.11. The molecule has 1 rings (SSSR count). The Kier molecular flexibility index (Phi) is 4.80. The SMILES string of the molecule is C#CC(NCCC)c1cc(F)ccc1Br. The third-order valence-electron chi connectivity index (χ3n) is 2.03. The molecule has 1 nitrogen and oxygen atoms in total. The van der Waals surface area contributed by atoms with Gasteiger partial charge in [0.05, 0.1) is 6.04 Å². The molecule has 0 amide bonds. The second kappa shape index (κ2) is 5.89. The average Bonchev–Trinajstić information content (AvgIpc) is 2.24. The molecule has 0 aliphatic heterocycles. The van der Waals surface area contributed by atoms with E-state index in [1.54, 1.807) is 6.07 Å². The fourth-order valence-corrected chi connectivity index (χ4v) is 1.76. The molecule has 15 heavy (non-hydrogen) atoms. The lowest BCUT2D eigenvalue weighted by Gasteiger charge is -2.14. The minimum atomic E-state index is -0.272. The number of hydrogen-bond acceptors (Lipinski definition) is 1. The minimum Gasteiger partial charge on any atom is -0.300 e. The van der Waals surface area contributed by atoms with E-state index in [1.165, 1.54) is 12.1 Å². The summed E-state index contributed by atoms with van der Waals surface area (Å²) in [6.45, 7) is 2.87. The predicted octanol–water partition coefficient (Wildman–Crippen LogP) is 3.26. The lowest BCUT2D eigenvalue weighted by Crippen LogP contribution is -2.21. The first-order valence-corrected chi connectivity index (χ1v) is 5.62. The predicted molar refractivity (Wildman–Crippen MR) is 64.0 cm³/mol. The van der Waals surface area contributed by atoms with E-state index in [0.29, 0.717) is 0 Å². The second-order valence-electron chi connectivity index (χ2n) is 3.22. The van der Waals surface area contributed by atoms with Crippen LogP contribution in [-0.2, 0) is 0 Å². The van der Waals surface area contributed by atoms with Crippen molar-refractivity contribution in [2.24, 2.45) is 0 Å². The number of rotatable bonds is 4. The molecular formula is C12H13BrFN. The molecule has 0 bridgehead atoms. The van der Waals surface area contributed by atoms with E-state index in [-0.39, 0.29) is 11.9 Å². The molecule has 0 fully saturated rings. The minimum absolute atomic E-state index is 0.241. The van der Waals surface area contributed by atoms with Gasteiger partial charge in [-0.2, -0.15) is 0 Å². The standard InChI is InChI=1S/C12H13BrFN/c1-3-7-15-12(4-2)10-8-9(14)5-6-11(10)13/h2,5-6,8,12,15H,3,7H2,1H3. The molecule has 1 aromatic carbocycles. The largest absolute Gasteiger partial charge is 0.300 e. The van der Waals surface area contributed by atoms with Crippen LogP contribution >= 0.6 is 15.9 Å². The number of nitrogens with one attached hydrogen (secondary N) is 1. The van der Waals surface area contributed by atoms with E-state index >= 15 is 0 Å². The van der Waals surface area contributed by atoms with Crippen LogP contribution < -0.4 is 5.32 Å². The maximum atomic E-state index is 13.0. The highest BCUT2D eigenvalue weighted by atomic mass is 79.9. The van der Waals surface area contributed by atoms with Crippen LogP contribution in [0.1, 0.15) is 24.9 Å². The summed E-state index contributed by atoms with van der Waals surface area (Å²) in [7, 11) is 0. The highest BCUT2D eigenvalue weighted by molar-refractivity contribution is 9.10. The summed E-state index contributed by atoms with van der Waals surface area (Å²) in [6, 6.07) is 4.29. The molecule has 80 valence electrons. The van der Waals surface area contributed by atoms with Crippen LogP contribution in [0.3, 0.4) is 0 Å². The molecule has 0 radical (unpaired) electrons. The van der Waals surface area contributed by atoms with E-state index in [1.807, 2.05) is 0 Å². The van der Waals surface area contributed by atoms with Gasteiger partial charge in [-0.3, -0.25) is 5.32 Å². The zero-order valence-corrected chi connectivity index (χ0v) is 10.1. The van der Waals surface area contributed by atoms with Crippen LogP contribution in [0, 0.1) is 18.2 Å². The van der Waals surface area contributed by atoms with Crippen LogP contribution in [0.5, 0.6) is 0 Å². The monoisotopic (exact) mass is 269 g/mol. The summed E-state index contributed by atoms with van der Waals surface area (Å²) < 4.78 is 13.9. The zero-order chi connectivity index (χ0) is 11.3. The van der Waals surface area contributed by atoms with Crippen molar-refractivity contribution >= 4 is 15.9 Å². The zero-order valence-electron chi connectivity index (χ0n) is 8.56. The van der Waals surface area contributed by atoms with Crippen molar-refractivity contribution in [3.63, 3.8) is 0 Å². The van der Waals surface area contributed by atoms with Gasteiger partial charge >= 0.3 is 0 Å². The molecule has 1 aromatic rings. The number of hydrogen-bond donors (Lipinski definition) is 1. The first kappa shape index (κ1) is 12.2. The molecule has 0 saturated carbocycles. The number of benzene rings is 1. The maximum Gasteiger partial charge on any atom is 0.123 e. The lowest BCUT2D eigenvalue weighted by atomic mass is 10.1. The Labute approximate surface area is 98.2 Å². The van der Waals surface area contributed by atoms with Crippen LogP contribution in [0.15, 0.2) is 22.7 Å². The molecule has 1 atom stereocenters. The molecule has 0 aliphatic carbocycles. The maximum absolute atomic E-state index is 13.0. The molecule has 0 heterocycles. The van der Waals surface area contributed by atoms with Crippen molar-refractivity contribution in [2.45, 2.75) is 19.4 Å². The van der Waals surface area contributed by atoms with E-state index in [4.69, 9.17) is 6.42 Å². The first-order valence-electron chi connectivity index (χ1n) is 4.83. The third-order valence-corrected chi connectivity index (χ3v) is 2.76.